The number of thioether (sulfide) groups is 1. The minimum atomic E-state index is -1.07. The number of hydrogen-bond donors (Lipinski definition) is 2. The van der Waals surface area contributed by atoms with Crippen LogP contribution in [0.3, 0.4) is 0 Å². The van der Waals surface area contributed by atoms with Crippen molar-refractivity contribution in [3.8, 4) is 11.5 Å². The summed E-state index contributed by atoms with van der Waals surface area (Å²) in [6.07, 6.45) is 0.378. The fraction of sp³-hybridized carbons (Fsp3) is 0.214. The standard InChI is InChI=1S/C28H26FN3O6S/c1-37-22-12-3-17(15-23(22)38-2)13-14-32-26(34)24(39-28(32)31-21-10-6-19(29)7-11-21)16-25(33)30-20-8-4-18(5-9-20)27(35)36/h3-12,15,24H,13-14,16H2,1-2H3,(H,30,33)(H,35,36)/t24-/m1/s1. The third-order valence-electron chi connectivity index (χ3n) is 5.93. The van der Waals surface area contributed by atoms with Crippen LogP contribution in [0.5, 0.6) is 11.5 Å². The molecule has 1 fully saturated rings. The number of carboxylic acids is 1. The SMILES string of the molecule is COc1ccc(CCN2C(=O)[C@@H](CC(=O)Nc3ccc(C(=O)O)cc3)SC2=Nc2ccc(F)cc2)cc1OC. The maximum absolute atomic E-state index is 13.4. The van der Waals surface area contributed by atoms with Gasteiger partial charge in [-0.15, -0.1) is 0 Å². The summed E-state index contributed by atoms with van der Waals surface area (Å²) >= 11 is 1.17. The van der Waals surface area contributed by atoms with E-state index in [4.69, 9.17) is 14.6 Å². The molecule has 2 N–H and O–H groups in total. The van der Waals surface area contributed by atoms with Gasteiger partial charge in [0.15, 0.2) is 16.7 Å². The summed E-state index contributed by atoms with van der Waals surface area (Å²) in [5.74, 6) is -0.962. The number of ether oxygens (including phenoxy) is 2. The lowest BCUT2D eigenvalue weighted by Gasteiger charge is -2.17. The Labute approximate surface area is 228 Å². The highest BCUT2D eigenvalue weighted by molar-refractivity contribution is 8.15. The van der Waals surface area contributed by atoms with Gasteiger partial charge >= 0.3 is 5.97 Å². The van der Waals surface area contributed by atoms with Gasteiger partial charge in [0.1, 0.15) is 11.1 Å². The lowest BCUT2D eigenvalue weighted by Crippen LogP contribution is -2.35. The van der Waals surface area contributed by atoms with Gasteiger partial charge in [-0.25, -0.2) is 14.2 Å². The minimum Gasteiger partial charge on any atom is -0.493 e. The summed E-state index contributed by atoms with van der Waals surface area (Å²) in [6.45, 7) is 0.302. The van der Waals surface area contributed by atoms with E-state index in [0.29, 0.717) is 41.0 Å². The van der Waals surface area contributed by atoms with E-state index in [9.17, 15) is 18.8 Å². The number of nitrogens with one attached hydrogen (secondary N) is 1. The smallest absolute Gasteiger partial charge is 0.335 e. The summed E-state index contributed by atoms with van der Waals surface area (Å²) in [6, 6.07) is 16.9. The van der Waals surface area contributed by atoms with Crippen molar-refractivity contribution in [2.24, 2.45) is 4.99 Å². The Morgan fingerprint density at radius 3 is 2.36 bits per heavy atom. The van der Waals surface area contributed by atoms with Gasteiger partial charge in [-0.1, -0.05) is 17.8 Å². The predicted octanol–water partition coefficient (Wildman–Crippen LogP) is 4.74. The van der Waals surface area contributed by atoms with Crippen LogP contribution in [-0.4, -0.2) is 59.0 Å². The first-order chi connectivity index (χ1) is 18.8. The highest BCUT2D eigenvalue weighted by atomic mass is 32.2. The van der Waals surface area contributed by atoms with Crippen LogP contribution in [0.25, 0.3) is 0 Å². The van der Waals surface area contributed by atoms with Gasteiger partial charge in [0.05, 0.1) is 25.5 Å². The van der Waals surface area contributed by atoms with E-state index in [1.807, 2.05) is 12.1 Å². The van der Waals surface area contributed by atoms with E-state index < -0.39 is 22.9 Å². The van der Waals surface area contributed by atoms with Gasteiger partial charge in [0.25, 0.3) is 0 Å². The number of aromatic carboxylic acids is 1. The van der Waals surface area contributed by atoms with Crippen LogP contribution in [0, 0.1) is 5.82 Å². The van der Waals surface area contributed by atoms with Crippen LogP contribution in [-0.2, 0) is 16.0 Å². The van der Waals surface area contributed by atoms with Crippen molar-refractivity contribution in [2.75, 3.05) is 26.1 Å². The number of aliphatic imine (C=N–C) groups is 1. The summed E-state index contributed by atoms with van der Waals surface area (Å²) in [4.78, 5) is 43.3. The molecule has 3 aromatic rings. The van der Waals surface area contributed by atoms with Gasteiger partial charge in [-0.3, -0.25) is 14.5 Å². The minimum absolute atomic E-state index is 0.0984. The van der Waals surface area contributed by atoms with Gasteiger partial charge in [0, 0.05) is 18.7 Å². The van der Waals surface area contributed by atoms with E-state index in [2.05, 4.69) is 10.3 Å². The number of carbonyl (C=O) groups is 3. The zero-order chi connectivity index (χ0) is 27.9. The number of hydrogen-bond acceptors (Lipinski definition) is 7. The maximum Gasteiger partial charge on any atom is 0.335 e. The van der Waals surface area contributed by atoms with E-state index >= 15 is 0 Å². The normalized spacial score (nSPS) is 15.9. The molecule has 4 rings (SSSR count). The molecule has 202 valence electrons. The number of carboxylic acid groups (broad SMARTS) is 1. The predicted molar refractivity (Wildman–Crippen MR) is 146 cm³/mol. The molecule has 1 aliphatic rings. The second-order valence-corrected chi connectivity index (χ2v) is 9.71. The Morgan fingerprint density at radius 1 is 1.03 bits per heavy atom. The first kappa shape index (κ1) is 27.6. The first-order valence-corrected chi connectivity index (χ1v) is 12.8. The highest BCUT2D eigenvalue weighted by Crippen LogP contribution is 2.33. The Morgan fingerprint density at radius 2 is 1.72 bits per heavy atom. The molecule has 0 aromatic heterocycles. The second-order valence-electron chi connectivity index (χ2n) is 8.54. The molecule has 0 saturated carbocycles. The maximum atomic E-state index is 13.4. The van der Waals surface area contributed by atoms with Crippen LogP contribution >= 0.6 is 11.8 Å². The van der Waals surface area contributed by atoms with Gasteiger partial charge in [0.2, 0.25) is 11.8 Å². The molecule has 3 aromatic carbocycles. The second kappa shape index (κ2) is 12.4. The number of nitrogens with zero attached hydrogens (tertiary/aromatic N) is 2. The Bertz CT molecular complexity index is 1400. The molecule has 0 aliphatic carbocycles. The van der Waals surface area contributed by atoms with Crippen molar-refractivity contribution in [2.45, 2.75) is 18.1 Å². The molecule has 2 amide bonds. The fourth-order valence-corrected chi connectivity index (χ4v) is 5.09. The molecule has 0 radical (unpaired) electrons. The summed E-state index contributed by atoms with van der Waals surface area (Å²) < 4.78 is 24.1. The molecule has 39 heavy (non-hydrogen) atoms. The average molecular weight is 552 g/mol. The fourth-order valence-electron chi connectivity index (χ4n) is 3.91. The van der Waals surface area contributed by atoms with Crippen molar-refractivity contribution in [1.29, 1.82) is 0 Å². The zero-order valence-electron chi connectivity index (χ0n) is 21.2. The molecular weight excluding hydrogens is 525 g/mol. The first-order valence-electron chi connectivity index (χ1n) is 11.9. The van der Waals surface area contributed by atoms with E-state index in [0.717, 1.165) is 5.56 Å². The molecule has 11 heteroatoms. The molecule has 1 atom stereocenters. The van der Waals surface area contributed by atoms with Crippen LogP contribution in [0.1, 0.15) is 22.3 Å². The van der Waals surface area contributed by atoms with E-state index in [1.54, 1.807) is 20.3 Å². The molecule has 0 unspecified atom stereocenters. The lowest BCUT2D eigenvalue weighted by molar-refractivity contribution is -0.128. The van der Waals surface area contributed by atoms with E-state index in [1.165, 1.54) is 65.2 Å². The Balaban J connectivity index is 1.50. The van der Waals surface area contributed by atoms with Gasteiger partial charge in [-0.05, 0) is 72.6 Å². The molecule has 1 saturated heterocycles. The van der Waals surface area contributed by atoms with Crippen LogP contribution in [0.4, 0.5) is 15.8 Å². The van der Waals surface area contributed by atoms with Crippen LogP contribution < -0.4 is 14.8 Å². The number of rotatable bonds is 10. The summed E-state index contributed by atoms with van der Waals surface area (Å²) in [5, 5.41) is 11.4. The monoisotopic (exact) mass is 551 g/mol. The molecule has 1 heterocycles. The highest BCUT2D eigenvalue weighted by Gasteiger charge is 2.39. The quantitative estimate of drug-likeness (QED) is 0.374. The molecular formula is C28H26FN3O6S. The lowest BCUT2D eigenvalue weighted by atomic mass is 10.1. The molecule has 1 aliphatic heterocycles. The number of carbonyl (C=O) groups excluding carboxylic acids is 2. The third-order valence-corrected chi connectivity index (χ3v) is 7.11. The van der Waals surface area contributed by atoms with Crippen molar-refractivity contribution >= 4 is 46.1 Å². The van der Waals surface area contributed by atoms with E-state index in [-0.39, 0.29) is 17.9 Å². The summed E-state index contributed by atoms with van der Waals surface area (Å²) in [5.41, 5.74) is 1.91. The summed E-state index contributed by atoms with van der Waals surface area (Å²) in [7, 11) is 3.10. The van der Waals surface area contributed by atoms with Crippen molar-refractivity contribution < 1.29 is 33.4 Å². The largest absolute Gasteiger partial charge is 0.493 e. The number of halogens is 1. The molecule has 9 nitrogen and oxygen atoms in total. The van der Waals surface area contributed by atoms with Crippen LogP contribution in [0.15, 0.2) is 71.7 Å². The third kappa shape index (κ3) is 6.94. The van der Waals surface area contributed by atoms with Crippen molar-refractivity contribution in [3.63, 3.8) is 0 Å². The van der Waals surface area contributed by atoms with Crippen LogP contribution in [0.2, 0.25) is 0 Å². The number of benzene rings is 3. The number of amidine groups is 1. The molecule has 0 bridgehead atoms. The molecule has 0 spiro atoms. The number of anilines is 1. The Hall–Kier alpha value is -4.38. The van der Waals surface area contributed by atoms with Crippen molar-refractivity contribution in [1.82, 2.24) is 4.90 Å². The van der Waals surface area contributed by atoms with Gasteiger partial charge in [-0.2, -0.15) is 0 Å². The average Bonchev–Trinajstić information content (AvgIpc) is 3.21. The zero-order valence-corrected chi connectivity index (χ0v) is 22.0. The van der Waals surface area contributed by atoms with Gasteiger partial charge < -0.3 is 19.9 Å². The van der Waals surface area contributed by atoms with Crippen molar-refractivity contribution in [3.05, 3.63) is 83.7 Å². The topological polar surface area (TPSA) is 118 Å². The number of amides is 2. The number of methoxy groups -OCH3 is 2. The Kier molecular flexibility index (Phi) is 8.82.